The van der Waals surface area contributed by atoms with E-state index in [9.17, 15) is 13.6 Å². The Bertz CT molecular complexity index is 1230. The fourth-order valence-electron chi connectivity index (χ4n) is 3.40. The van der Waals surface area contributed by atoms with Gasteiger partial charge >= 0.3 is 0 Å². The van der Waals surface area contributed by atoms with Crippen LogP contribution < -0.4 is 10.6 Å². The Labute approximate surface area is 190 Å². The van der Waals surface area contributed by atoms with Gasteiger partial charge in [0.1, 0.15) is 11.6 Å². The molecule has 0 saturated carbocycles. The molecule has 0 saturated heterocycles. The highest BCUT2D eigenvalue weighted by Gasteiger charge is 2.10. The topological polar surface area (TPSA) is 66.9 Å². The fourth-order valence-corrected chi connectivity index (χ4v) is 3.40. The van der Waals surface area contributed by atoms with E-state index in [-0.39, 0.29) is 5.91 Å². The van der Waals surface area contributed by atoms with Gasteiger partial charge in [-0.25, -0.2) is 8.78 Å². The van der Waals surface area contributed by atoms with E-state index in [2.05, 4.69) is 20.6 Å². The van der Waals surface area contributed by atoms with Crippen molar-refractivity contribution in [2.24, 2.45) is 0 Å². The van der Waals surface area contributed by atoms with E-state index in [0.29, 0.717) is 36.3 Å². The predicted octanol–water partition coefficient (Wildman–Crippen LogP) is 5.01. The van der Waals surface area contributed by atoms with Crippen molar-refractivity contribution in [2.75, 3.05) is 11.9 Å². The summed E-state index contributed by atoms with van der Waals surface area (Å²) in [7, 11) is 0. The van der Waals surface area contributed by atoms with E-state index < -0.39 is 11.6 Å². The number of rotatable bonds is 8. The summed E-state index contributed by atoms with van der Waals surface area (Å²) in [5, 5.41) is 6.12. The van der Waals surface area contributed by atoms with Crippen molar-refractivity contribution in [3.05, 3.63) is 114 Å². The van der Waals surface area contributed by atoms with Crippen molar-refractivity contribution < 1.29 is 13.6 Å². The summed E-state index contributed by atoms with van der Waals surface area (Å²) >= 11 is 0. The molecule has 166 valence electrons. The molecule has 2 N–H and O–H groups in total. The molecule has 2 aromatic heterocycles. The molecule has 4 rings (SSSR count). The molecule has 0 fully saturated rings. The Morgan fingerprint density at radius 1 is 0.939 bits per heavy atom. The molecule has 1 amide bonds. The molecule has 0 unspecified atom stereocenters. The standard InChI is InChI=1S/C26H22F2N4O/c27-21-8-9-23(28)19(14-21)11-13-30-24-6-2-1-5-22(24)25-10-7-20(17-31-25)26(33)32-16-18-4-3-12-29-15-18/h1-10,12,14-15,17,30H,11,13,16H2,(H,32,33). The highest BCUT2D eigenvalue weighted by molar-refractivity contribution is 5.94. The average Bonchev–Trinajstić information content (AvgIpc) is 2.86. The lowest BCUT2D eigenvalue weighted by Gasteiger charge is -2.12. The van der Waals surface area contributed by atoms with Crippen LogP contribution in [0.5, 0.6) is 0 Å². The first-order valence-electron chi connectivity index (χ1n) is 10.5. The molecular formula is C26H22F2N4O. The summed E-state index contributed by atoms with van der Waals surface area (Å²) in [6.45, 7) is 0.805. The molecule has 0 aliphatic rings. The number of carbonyl (C=O) groups excluding carboxylic acids is 1. The average molecular weight is 444 g/mol. The zero-order chi connectivity index (χ0) is 23.0. The summed E-state index contributed by atoms with van der Waals surface area (Å²) < 4.78 is 27.2. The number of nitrogens with one attached hydrogen (secondary N) is 2. The summed E-state index contributed by atoms with van der Waals surface area (Å²) in [6.07, 6.45) is 5.25. The number of para-hydroxylation sites is 1. The number of amides is 1. The molecule has 33 heavy (non-hydrogen) atoms. The van der Waals surface area contributed by atoms with Gasteiger partial charge in [0.25, 0.3) is 5.91 Å². The van der Waals surface area contributed by atoms with Gasteiger partial charge in [-0.15, -0.1) is 0 Å². The number of halogens is 2. The van der Waals surface area contributed by atoms with Crippen LogP contribution >= 0.6 is 0 Å². The van der Waals surface area contributed by atoms with E-state index in [4.69, 9.17) is 0 Å². The Balaban J connectivity index is 1.40. The second kappa shape index (κ2) is 10.5. The Hall–Kier alpha value is -4.13. The van der Waals surface area contributed by atoms with E-state index in [1.165, 1.54) is 12.3 Å². The molecule has 2 heterocycles. The maximum atomic E-state index is 13.9. The molecule has 0 radical (unpaired) electrons. The van der Waals surface area contributed by atoms with Crippen LogP contribution in [0.15, 0.2) is 85.3 Å². The van der Waals surface area contributed by atoms with Crippen molar-refractivity contribution in [1.82, 2.24) is 15.3 Å². The minimum absolute atomic E-state index is 0.221. The van der Waals surface area contributed by atoms with Crippen molar-refractivity contribution in [3.8, 4) is 11.3 Å². The minimum atomic E-state index is -0.458. The first-order valence-corrected chi connectivity index (χ1v) is 10.5. The Kier molecular flexibility index (Phi) is 6.99. The molecule has 2 aromatic carbocycles. The van der Waals surface area contributed by atoms with Crippen LogP contribution in [-0.2, 0) is 13.0 Å². The first-order chi connectivity index (χ1) is 16.1. The van der Waals surface area contributed by atoms with Crippen LogP contribution in [0.4, 0.5) is 14.5 Å². The lowest BCUT2D eigenvalue weighted by molar-refractivity contribution is 0.0950. The second-order valence-corrected chi connectivity index (χ2v) is 7.43. The Morgan fingerprint density at radius 2 is 1.82 bits per heavy atom. The highest BCUT2D eigenvalue weighted by Crippen LogP contribution is 2.26. The van der Waals surface area contributed by atoms with E-state index in [1.807, 2.05) is 36.4 Å². The van der Waals surface area contributed by atoms with Gasteiger partial charge in [0, 0.05) is 42.9 Å². The predicted molar refractivity (Wildman–Crippen MR) is 124 cm³/mol. The van der Waals surface area contributed by atoms with Crippen molar-refractivity contribution in [1.29, 1.82) is 0 Å². The van der Waals surface area contributed by atoms with E-state index in [0.717, 1.165) is 28.9 Å². The lowest BCUT2D eigenvalue weighted by atomic mass is 10.1. The van der Waals surface area contributed by atoms with Crippen molar-refractivity contribution in [2.45, 2.75) is 13.0 Å². The number of nitrogens with zero attached hydrogens (tertiary/aromatic N) is 2. The quantitative estimate of drug-likeness (QED) is 0.401. The third-order valence-electron chi connectivity index (χ3n) is 5.12. The molecule has 0 aliphatic heterocycles. The fraction of sp³-hybridized carbons (Fsp3) is 0.115. The maximum Gasteiger partial charge on any atom is 0.253 e. The third kappa shape index (κ3) is 5.77. The number of hydrogen-bond donors (Lipinski definition) is 2. The Morgan fingerprint density at radius 3 is 2.61 bits per heavy atom. The van der Waals surface area contributed by atoms with Gasteiger partial charge in [-0.1, -0.05) is 24.3 Å². The number of carbonyl (C=O) groups is 1. The first kappa shape index (κ1) is 22.1. The van der Waals surface area contributed by atoms with Crippen LogP contribution in [0.3, 0.4) is 0 Å². The number of benzene rings is 2. The lowest BCUT2D eigenvalue weighted by Crippen LogP contribution is -2.22. The molecule has 0 spiro atoms. The normalized spacial score (nSPS) is 10.6. The van der Waals surface area contributed by atoms with Gasteiger partial charge in [0.15, 0.2) is 0 Å². The monoisotopic (exact) mass is 444 g/mol. The maximum absolute atomic E-state index is 13.9. The van der Waals surface area contributed by atoms with Crippen LogP contribution in [0, 0.1) is 11.6 Å². The molecular weight excluding hydrogens is 422 g/mol. The third-order valence-corrected chi connectivity index (χ3v) is 5.12. The molecule has 4 aromatic rings. The number of pyridine rings is 2. The van der Waals surface area contributed by atoms with Gasteiger partial charge in [-0.05, 0) is 60.0 Å². The van der Waals surface area contributed by atoms with Gasteiger partial charge in [0.05, 0.1) is 11.3 Å². The summed E-state index contributed by atoms with van der Waals surface area (Å²) in [5.74, 6) is -1.10. The number of aromatic nitrogens is 2. The van der Waals surface area contributed by atoms with Crippen LogP contribution in [0.2, 0.25) is 0 Å². The number of hydrogen-bond acceptors (Lipinski definition) is 4. The smallest absolute Gasteiger partial charge is 0.253 e. The largest absolute Gasteiger partial charge is 0.384 e. The zero-order valence-corrected chi connectivity index (χ0v) is 17.8. The van der Waals surface area contributed by atoms with Crippen LogP contribution in [0.1, 0.15) is 21.5 Å². The van der Waals surface area contributed by atoms with Crippen LogP contribution in [0.25, 0.3) is 11.3 Å². The van der Waals surface area contributed by atoms with E-state index in [1.54, 1.807) is 24.5 Å². The summed E-state index contributed by atoms with van der Waals surface area (Å²) in [6, 6.07) is 18.3. The summed E-state index contributed by atoms with van der Waals surface area (Å²) in [4.78, 5) is 20.9. The molecule has 7 heteroatoms. The van der Waals surface area contributed by atoms with Gasteiger partial charge in [-0.2, -0.15) is 0 Å². The van der Waals surface area contributed by atoms with E-state index >= 15 is 0 Å². The van der Waals surface area contributed by atoms with Crippen LogP contribution in [-0.4, -0.2) is 22.4 Å². The van der Waals surface area contributed by atoms with Gasteiger partial charge in [0.2, 0.25) is 0 Å². The van der Waals surface area contributed by atoms with Crippen molar-refractivity contribution in [3.63, 3.8) is 0 Å². The van der Waals surface area contributed by atoms with Crippen molar-refractivity contribution >= 4 is 11.6 Å². The number of anilines is 1. The molecule has 5 nitrogen and oxygen atoms in total. The molecule has 0 bridgehead atoms. The zero-order valence-electron chi connectivity index (χ0n) is 17.8. The van der Waals surface area contributed by atoms with Gasteiger partial charge in [-0.3, -0.25) is 14.8 Å². The molecule has 0 aliphatic carbocycles. The SMILES string of the molecule is O=C(NCc1cccnc1)c1ccc(-c2ccccc2NCCc2cc(F)ccc2F)nc1. The van der Waals surface area contributed by atoms with Gasteiger partial charge < -0.3 is 10.6 Å². The summed E-state index contributed by atoms with van der Waals surface area (Å²) in [5.41, 5.74) is 4.04. The molecule has 0 atom stereocenters. The second-order valence-electron chi connectivity index (χ2n) is 7.43. The highest BCUT2D eigenvalue weighted by atomic mass is 19.1. The minimum Gasteiger partial charge on any atom is -0.384 e.